The van der Waals surface area contributed by atoms with Gasteiger partial charge in [0.05, 0.1) is 21.3 Å². The predicted octanol–water partition coefficient (Wildman–Crippen LogP) is 4.10. The van der Waals surface area contributed by atoms with Crippen LogP contribution in [0.1, 0.15) is 31.1 Å². The molecule has 6 nitrogen and oxygen atoms in total. The van der Waals surface area contributed by atoms with Crippen LogP contribution in [0.4, 0.5) is 4.79 Å². The molecule has 0 fully saturated rings. The van der Waals surface area contributed by atoms with Gasteiger partial charge < -0.3 is 24.7 Å². The summed E-state index contributed by atoms with van der Waals surface area (Å²) < 4.78 is 21.8. The summed E-state index contributed by atoms with van der Waals surface area (Å²) in [5.74, 6) is 2.07. The lowest BCUT2D eigenvalue weighted by Crippen LogP contribution is -2.25. The third-order valence-electron chi connectivity index (χ3n) is 5.00. The molecule has 2 aromatic rings. The highest BCUT2D eigenvalue weighted by Crippen LogP contribution is 2.50. The molecule has 0 saturated carbocycles. The van der Waals surface area contributed by atoms with E-state index in [-0.39, 0.29) is 5.41 Å². The lowest BCUT2D eigenvalue weighted by molar-refractivity contribution is 0.0391. The minimum Gasteiger partial charge on any atom is -0.497 e. The number of amides is 1. The van der Waals surface area contributed by atoms with Crippen molar-refractivity contribution >= 4 is 6.09 Å². The molecule has 1 aliphatic carbocycles. The number of rotatable bonds is 5. The van der Waals surface area contributed by atoms with Gasteiger partial charge in [0.15, 0.2) is 0 Å². The van der Waals surface area contributed by atoms with Crippen molar-refractivity contribution in [2.24, 2.45) is 11.1 Å². The van der Waals surface area contributed by atoms with Crippen LogP contribution in [-0.4, -0.2) is 27.4 Å². The molecule has 27 heavy (non-hydrogen) atoms. The van der Waals surface area contributed by atoms with E-state index in [0.717, 1.165) is 28.7 Å². The first kappa shape index (κ1) is 18.9. The Balaban J connectivity index is 2.14. The Bertz CT molecular complexity index is 853. The molecule has 6 heteroatoms. The Morgan fingerprint density at radius 3 is 2.15 bits per heavy atom. The average Bonchev–Trinajstić information content (AvgIpc) is 2.88. The van der Waals surface area contributed by atoms with E-state index in [0.29, 0.717) is 17.2 Å². The summed E-state index contributed by atoms with van der Waals surface area (Å²) in [6.45, 7) is 4.11. The van der Waals surface area contributed by atoms with Gasteiger partial charge in [-0.1, -0.05) is 13.8 Å². The van der Waals surface area contributed by atoms with Crippen LogP contribution in [0.5, 0.6) is 17.2 Å². The molecule has 0 aliphatic heterocycles. The Labute approximate surface area is 159 Å². The number of benzene rings is 2. The molecule has 2 aromatic carbocycles. The Morgan fingerprint density at radius 2 is 1.63 bits per heavy atom. The number of primary amides is 1. The minimum atomic E-state index is -0.776. The second-order valence-electron chi connectivity index (χ2n) is 7.33. The molecule has 3 rings (SSSR count). The number of hydrogen-bond donors (Lipinski definition) is 1. The zero-order chi connectivity index (χ0) is 19.8. The van der Waals surface area contributed by atoms with E-state index in [1.54, 1.807) is 21.3 Å². The van der Waals surface area contributed by atoms with E-state index in [4.69, 9.17) is 24.7 Å². The number of hydrogen-bond acceptors (Lipinski definition) is 5. The fourth-order valence-electron chi connectivity index (χ4n) is 3.74. The van der Waals surface area contributed by atoms with Gasteiger partial charge in [0.2, 0.25) is 0 Å². The maximum absolute atomic E-state index is 11.4. The van der Waals surface area contributed by atoms with Crippen molar-refractivity contribution in [3.05, 3.63) is 41.5 Å². The molecule has 0 bridgehead atoms. The molecule has 2 N–H and O–H groups in total. The summed E-state index contributed by atoms with van der Waals surface area (Å²) in [6, 6.07) is 9.70. The van der Waals surface area contributed by atoms with Crippen LogP contribution in [0, 0.1) is 5.41 Å². The van der Waals surface area contributed by atoms with Crippen LogP contribution in [0.25, 0.3) is 11.1 Å². The average molecular weight is 371 g/mol. The summed E-state index contributed by atoms with van der Waals surface area (Å²) in [4.78, 5) is 11.4. The summed E-state index contributed by atoms with van der Waals surface area (Å²) in [7, 11) is 4.85. The largest absolute Gasteiger partial charge is 0.497 e. The van der Waals surface area contributed by atoms with E-state index in [1.807, 2.05) is 24.3 Å². The van der Waals surface area contributed by atoms with Crippen molar-refractivity contribution in [2.75, 3.05) is 21.3 Å². The topological polar surface area (TPSA) is 80.0 Å². The molecule has 1 unspecified atom stereocenters. The first-order chi connectivity index (χ1) is 12.8. The Kier molecular flexibility index (Phi) is 4.91. The maximum atomic E-state index is 11.4. The van der Waals surface area contributed by atoms with Gasteiger partial charge in [-0.3, -0.25) is 0 Å². The molecule has 0 heterocycles. The van der Waals surface area contributed by atoms with Crippen molar-refractivity contribution in [3.8, 4) is 28.4 Å². The standard InChI is InChI=1S/C21H25NO5/c1-21(2)11-13-8-16(12-6-14(24-3)9-15(7-12)25-4)18(26-5)10-17(13)19(21)27-20(22)23/h6-10,19H,11H2,1-5H3,(H2,22,23). The van der Waals surface area contributed by atoms with Gasteiger partial charge in [-0.05, 0) is 47.4 Å². The van der Waals surface area contributed by atoms with Gasteiger partial charge in [0.1, 0.15) is 23.4 Å². The number of carbonyl (C=O) groups excluding carboxylic acids is 1. The number of fused-ring (bicyclic) bond motifs is 1. The number of carbonyl (C=O) groups is 1. The van der Waals surface area contributed by atoms with E-state index >= 15 is 0 Å². The fourth-order valence-corrected chi connectivity index (χ4v) is 3.74. The van der Waals surface area contributed by atoms with Gasteiger partial charge in [-0.25, -0.2) is 4.79 Å². The van der Waals surface area contributed by atoms with Gasteiger partial charge in [0.25, 0.3) is 0 Å². The fraction of sp³-hybridized carbons (Fsp3) is 0.381. The number of nitrogens with two attached hydrogens (primary N) is 1. The molecule has 0 aromatic heterocycles. The zero-order valence-corrected chi connectivity index (χ0v) is 16.3. The van der Waals surface area contributed by atoms with Crippen LogP contribution in [-0.2, 0) is 11.2 Å². The van der Waals surface area contributed by atoms with Crippen LogP contribution < -0.4 is 19.9 Å². The first-order valence-electron chi connectivity index (χ1n) is 8.69. The minimum absolute atomic E-state index is 0.257. The molecular weight excluding hydrogens is 346 g/mol. The first-order valence-corrected chi connectivity index (χ1v) is 8.69. The summed E-state index contributed by atoms with van der Waals surface area (Å²) in [5.41, 5.74) is 8.89. The molecule has 1 amide bonds. The van der Waals surface area contributed by atoms with Crippen molar-refractivity contribution in [1.29, 1.82) is 0 Å². The van der Waals surface area contributed by atoms with E-state index in [9.17, 15) is 4.79 Å². The molecule has 144 valence electrons. The third kappa shape index (κ3) is 3.52. The maximum Gasteiger partial charge on any atom is 0.405 e. The molecule has 0 radical (unpaired) electrons. The normalized spacial score (nSPS) is 17.1. The monoisotopic (exact) mass is 371 g/mol. The number of ether oxygens (including phenoxy) is 4. The smallest absolute Gasteiger partial charge is 0.405 e. The quantitative estimate of drug-likeness (QED) is 0.856. The second kappa shape index (κ2) is 7.02. The predicted molar refractivity (Wildman–Crippen MR) is 102 cm³/mol. The lowest BCUT2D eigenvalue weighted by atomic mass is 9.87. The Morgan fingerprint density at radius 1 is 1.00 bits per heavy atom. The number of methoxy groups -OCH3 is 3. The van der Waals surface area contributed by atoms with E-state index in [2.05, 4.69) is 19.9 Å². The highest BCUT2D eigenvalue weighted by Gasteiger charge is 2.42. The lowest BCUT2D eigenvalue weighted by Gasteiger charge is -2.26. The summed E-state index contributed by atoms with van der Waals surface area (Å²) >= 11 is 0. The molecule has 1 atom stereocenters. The van der Waals surface area contributed by atoms with Gasteiger partial charge in [-0.2, -0.15) is 0 Å². The second-order valence-corrected chi connectivity index (χ2v) is 7.33. The molecule has 0 spiro atoms. The SMILES string of the molecule is COc1cc(OC)cc(-c2cc3c(cc2OC)C(OC(N)=O)C(C)(C)C3)c1. The molecule has 0 saturated heterocycles. The highest BCUT2D eigenvalue weighted by molar-refractivity contribution is 5.75. The molecular formula is C21H25NO5. The van der Waals surface area contributed by atoms with E-state index < -0.39 is 12.2 Å². The zero-order valence-electron chi connectivity index (χ0n) is 16.3. The van der Waals surface area contributed by atoms with Crippen LogP contribution in [0.15, 0.2) is 30.3 Å². The Hall–Kier alpha value is -2.89. The van der Waals surface area contributed by atoms with Crippen LogP contribution in [0.2, 0.25) is 0 Å². The van der Waals surface area contributed by atoms with Crippen molar-refractivity contribution in [2.45, 2.75) is 26.4 Å². The van der Waals surface area contributed by atoms with Crippen molar-refractivity contribution in [3.63, 3.8) is 0 Å². The third-order valence-corrected chi connectivity index (χ3v) is 5.00. The summed E-state index contributed by atoms with van der Waals surface area (Å²) in [5, 5.41) is 0. The van der Waals surface area contributed by atoms with Crippen molar-refractivity contribution < 1.29 is 23.7 Å². The van der Waals surface area contributed by atoms with Gasteiger partial charge >= 0.3 is 6.09 Å². The molecule has 1 aliphatic rings. The van der Waals surface area contributed by atoms with Crippen molar-refractivity contribution in [1.82, 2.24) is 0 Å². The van der Waals surface area contributed by atoms with E-state index in [1.165, 1.54) is 0 Å². The van der Waals surface area contributed by atoms with Crippen LogP contribution in [0.3, 0.4) is 0 Å². The van der Waals surface area contributed by atoms with Crippen LogP contribution >= 0.6 is 0 Å². The highest BCUT2D eigenvalue weighted by atomic mass is 16.6. The summed E-state index contributed by atoms with van der Waals surface area (Å²) in [6.07, 6.45) is -0.424. The van der Waals surface area contributed by atoms with Gasteiger partial charge in [-0.15, -0.1) is 0 Å². The van der Waals surface area contributed by atoms with Gasteiger partial charge in [0, 0.05) is 17.0 Å².